The first-order valence-electron chi connectivity index (χ1n) is 25.1. The highest BCUT2D eigenvalue weighted by molar-refractivity contribution is 5.69. The SMILES string of the molecule is C.C.CCCCCCOCC(COCCCCCC)OC(=O)CCCCCCCN(CCCN)CCCCCCCC(=O)OC(COCCCCCC)COCCCCCC.[HH]. The maximum absolute atomic E-state index is 12.7. The number of ether oxygens (including phenoxy) is 6. The Hall–Kier alpha value is -1.30. The summed E-state index contributed by atoms with van der Waals surface area (Å²) in [5.74, 6) is -0.271. The zero-order valence-corrected chi connectivity index (χ0v) is 39.4. The van der Waals surface area contributed by atoms with Crippen LogP contribution in [0.15, 0.2) is 0 Å². The minimum atomic E-state index is -0.327. The molecule has 0 rings (SSSR count). The van der Waals surface area contributed by atoms with Crippen molar-refractivity contribution < 1.29 is 39.4 Å². The maximum Gasteiger partial charge on any atom is 0.306 e. The predicted octanol–water partition coefficient (Wildman–Crippen LogP) is 13.0. The molecule has 0 aliphatic heterocycles. The van der Waals surface area contributed by atoms with Crippen molar-refractivity contribution in [2.45, 2.75) is 241 Å². The van der Waals surface area contributed by atoms with Crippen LogP contribution in [0.25, 0.3) is 0 Å². The zero-order chi connectivity index (χ0) is 43.1. The molecule has 0 saturated carbocycles. The molecule has 0 heterocycles. The molecule has 0 amide bonds. The van der Waals surface area contributed by atoms with E-state index in [4.69, 9.17) is 34.2 Å². The van der Waals surface area contributed by atoms with Gasteiger partial charge in [-0.2, -0.15) is 0 Å². The first kappa shape index (κ1) is 64.0. The van der Waals surface area contributed by atoms with Crippen molar-refractivity contribution >= 4 is 11.9 Å². The van der Waals surface area contributed by atoms with E-state index in [0.717, 1.165) is 96.8 Å². The molecule has 0 aromatic heterocycles. The molecule has 0 aliphatic rings. The van der Waals surface area contributed by atoms with Crippen LogP contribution in [0, 0.1) is 0 Å². The number of esters is 2. The van der Waals surface area contributed by atoms with Crippen LogP contribution in [0.4, 0.5) is 0 Å². The van der Waals surface area contributed by atoms with Gasteiger partial charge in [0.05, 0.1) is 26.4 Å². The van der Waals surface area contributed by atoms with E-state index < -0.39 is 0 Å². The van der Waals surface area contributed by atoms with Crippen molar-refractivity contribution in [3.63, 3.8) is 0 Å². The molecule has 0 aliphatic carbocycles. The number of hydrogen-bond donors (Lipinski definition) is 1. The van der Waals surface area contributed by atoms with Crippen molar-refractivity contribution in [3.8, 4) is 0 Å². The van der Waals surface area contributed by atoms with Gasteiger partial charge in [-0.15, -0.1) is 0 Å². The third kappa shape index (κ3) is 48.0. The van der Waals surface area contributed by atoms with Gasteiger partial charge in [-0.3, -0.25) is 9.59 Å². The lowest BCUT2D eigenvalue weighted by atomic mass is 10.1. The van der Waals surface area contributed by atoms with Gasteiger partial charge in [0.15, 0.2) is 0 Å². The van der Waals surface area contributed by atoms with Gasteiger partial charge in [0.1, 0.15) is 12.2 Å². The Labute approximate surface area is 381 Å². The molecule has 61 heavy (non-hydrogen) atoms. The van der Waals surface area contributed by atoms with Crippen LogP contribution in [-0.2, 0) is 38.0 Å². The second-order valence-corrected chi connectivity index (χ2v) is 16.8. The average Bonchev–Trinajstić information content (AvgIpc) is 3.23. The second kappa shape index (κ2) is 53.0. The molecule has 370 valence electrons. The number of rotatable bonds is 49. The summed E-state index contributed by atoms with van der Waals surface area (Å²) in [6.07, 6.45) is 30.6. The standard InChI is InChI=1S/C49H98N2O8.2CH4.H2/c1-5-9-13-27-38-54-42-46(43-55-39-28-14-10-6-2)58-48(52)32-23-19-17-21-25-35-51(37-31-34-50)36-26-22-18-20-24-33-49(53)59-47(44-56-40-29-15-11-7-3)45-57-41-30-16-12-8-4;;;/h46-47H,5-45,50H2,1-4H3;2*1H4;1H. The van der Waals surface area contributed by atoms with Gasteiger partial charge in [0, 0.05) is 40.7 Å². The fourth-order valence-electron chi connectivity index (χ4n) is 7.03. The van der Waals surface area contributed by atoms with E-state index in [1.807, 2.05) is 0 Å². The lowest BCUT2D eigenvalue weighted by Gasteiger charge is -2.22. The summed E-state index contributed by atoms with van der Waals surface area (Å²) in [5.41, 5.74) is 5.86. The Morgan fingerprint density at radius 1 is 0.410 bits per heavy atom. The molecule has 0 spiro atoms. The van der Waals surface area contributed by atoms with E-state index in [0.29, 0.717) is 65.7 Å². The molecule has 0 unspecified atom stereocenters. The largest absolute Gasteiger partial charge is 0.457 e. The van der Waals surface area contributed by atoms with Gasteiger partial charge in [0.2, 0.25) is 0 Å². The van der Waals surface area contributed by atoms with Gasteiger partial charge in [0.25, 0.3) is 0 Å². The van der Waals surface area contributed by atoms with E-state index >= 15 is 0 Å². The highest BCUT2D eigenvalue weighted by atomic mass is 16.6. The van der Waals surface area contributed by atoms with Gasteiger partial charge in [-0.25, -0.2) is 0 Å². The Morgan fingerprint density at radius 2 is 0.689 bits per heavy atom. The third-order valence-electron chi connectivity index (χ3n) is 10.8. The summed E-state index contributed by atoms with van der Waals surface area (Å²) in [7, 11) is 0. The summed E-state index contributed by atoms with van der Waals surface area (Å²) in [5, 5.41) is 0. The average molecular weight is 877 g/mol. The number of carbonyl (C=O) groups is 2. The Balaban J connectivity index is -0.00000561. The molecular weight excluding hydrogens is 769 g/mol. The van der Waals surface area contributed by atoms with Crippen LogP contribution >= 0.6 is 0 Å². The van der Waals surface area contributed by atoms with Crippen LogP contribution in [0.2, 0.25) is 0 Å². The highest BCUT2D eigenvalue weighted by Gasteiger charge is 2.17. The van der Waals surface area contributed by atoms with Crippen LogP contribution in [-0.4, -0.2) is 108 Å². The quantitative estimate of drug-likeness (QED) is 0.0467. The summed E-state index contributed by atoms with van der Waals surface area (Å²) in [6.45, 7) is 17.3. The summed E-state index contributed by atoms with van der Waals surface area (Å²) < 4.78 is 35.1. The number of hydrogen-bond acceptors (Lipinski definition) is 10. The van der Waals surface area contributed by atoms with Crippen LogP contribution < -0.4 is 5.73 Å². The summed E-state index contributed by atoms with van der Waals surface area (Å²) >= 11 is 0. The molecule has 0 aromatic carbocycles. The second-order valence-electron chi connectivity index (χ2n) is 16.8. The van der Waals surface area contributed by atoms with Crippen molar-refractivity contribution in [1.29, 1.82) is 0 Å². The van der Waals surface area contributed by atoms with Gasteiger partial charge in [-0.1, -0.05) is 158 Å². The number of unbranched alkanes of at least 4 members (excludes halogenated alkanes) is 20. The minimum absolute atomic E-state index is 0. The van der Waals surface area contributed by atoms with Crippen LogP contribution in [0.1, 0.15) is 230 Å². The predicted molar refractivity (Wildman–Crippen MR) is 261 cm³/mol. The molecule has 2 N–H and O–H groups in total. The molecule has 0 saturated heterocycles. The highest BCUT2D eigenvalue weighted by Crippen LogP contribution is 2.13. The first-order chi connectivity index (χ1) is 29.0. The van der Waals surface area contributed by atoms with Crippen LogP contribution in [0.5, 0.6) is 0 Å². The van der Waals surface area contributed by atoms with Crippen molar-refractivity contribution in [2.24, 2.45) is 5.73 Å². The van der Waals surface area contributed by atoms with E-state index in [1.165, 1.54) is 103 Å². The third-order valence-corrected chi connectivity index (χ3v) is 10.8. The van der Waals surface area contributed by atoms with Crippen molar-refractivity contribution in [2.75, 3.05) is 79.0 Å². The lowest BCUT2D eigenvalue weighted by Crippen LogP contribution is -2.29. The fraction of sp³-hybridized carbons (Fsp3) is 0.961. The Kier molecular flexibility index (Phi) is 55.6. The fourth-order valence-corrected chi connectivity index (χ4v) is 7.03. The van der Waals surface area contributed by atoms with Gasteiger partial charge in [-0.05, 0) is 84.0 Å². The topological polar surface area (TPSA) is 119 Å². The van der Waals surface area contributed by atoms with Crippen molar-refractivity contribution in [1.82, 2.24) is 4.90 Å². The lowest BCUT2D eigenvalue weighted by molar-refractivity contribution is -0.157. The molecular formula is C51H108N2O8. The number of nitrogens with two attached hydrogens (primary N) is 1. The Bertz CT molecular complexity index is 778. The summed E-state index contributed by atoms with van der Waals surface area (Å²) in [6, 6.07) is 0. The molecule has 10 heteroatoms. The Morgan fingerprint density at radius 3 is 1.00 bits per heavy atom. The van der Waals surface area contributed by atoms with Gasteiger partial charge >= 0.3 is 11.9 Å². The van der Waals surface area contributed by atoms with E-state index in [2.05, 4.69) is 32.6 Å². The normalized spacial score (nSPS) is 11.3. The first-order valence-corrected chi connectivity index (χ1v) is 25.1. The molecule has 0 fully saturated rings. The van der Waals surface area contributed by atoms with Crippen LogP contribution in [0.3, 0.4) is 0 Å². The van der Waals surface area contributed by atoms with Gasteiger partial charge < -0.3 is 39.1 Å². The van der Waals surface area contributed by atoms with E-state index in [9.17, 15) is 9.59 Å². The monoisotopic (exact) mass is 877 g/mol. The molecule has 0 atom stereocenters. The molecule has 0 bridgehead atoms. The maximum atomic E-state index is 12.7. The van der Waals surface area contributed by atoms with E-state index in [-0.39, 0.29) is 40.4 Å². The molecule has 0 radical (unpaired) electrons. The zero-order valence-electron chi connectivity index (χ0n) is 39.4. The molecule has 0 aromatic rings. The number of carbonyl (C=O) groups excluding carboxylic acids is 2. The smallest absolute Gasteiger partial charge is 0.306 e. The van der Waals surface area contributed by atoms with E-state index in [1.54, 1.807) is 0 Å². The summed E-state index contributed by atoms with van der Waals surface area (Å²) in [4.78, 5) is 27.9. The number of nitrogens with zero attached hydrogens (tertiary/aromatic N) is 1. The van der Waals surface area contributed by atoms with Crippen molar-refractivity contribution in [3.05, 3.63) is 0 Å². The minimum Gasteiger partial charge on any atom is -0.457 e. The molecule has 10 nitrogen and oxygen atoms in total.